The van der Waals surface area contributed by atoms with Crippen LogP contribution in [-0.4, -0.2) is 26.0 Å². The summed E-state index contributed by atoms with van der Waals surface area (Å²) < 4.78 is 10.3. The van der Waals surface area contributed by atoms with E-state index in [1.54, 1.807) is 24.3 Å². The summed E-state index contributed by atoms with van der Waals surface area (Å²) in [6.45, 7) is 0.149. The zero-order valence-electron chi connectivity index (χ0n) is 13.6. The molecule has 0 radical (unpaired) electrons. The molecule has 0 heterocycles. The number of rotatable bonds is 5. The zero-order chi connectivity index (χ0) is 18.4. The predicted octanol–water partition coefficient (Wildman–Crippen LogP) is 3.27. The van der Waals surface area contributed by atoms with Gasteiger partial charge in [0.2, 0.25) is 0 Å². The summed E-state index contributed by atoms with van der Waals surface area (Å²) in [4.78, 5) is 23.9. The van der Waals surface area contributed by atoms with Crippen molar-refractivity contribution in [3.05, 3.63) is 52.0 Å². The molecule has 25 heavy (non-hydrogen) atoms. The second-order valence-electron chi connectivity index (χ2n) is 4.95. The molecule has 0 fully saturated rings. The monoisotopic (exact) mass is 382 g/mol. The Balaban J connectivity index is 1.97. The number of amides is 2. The molecule has 0 atom stereocenters. The van der Waals surface area contributed by atoms with Crippen LogP contribution in [0.5, 0.6) is 11.5 Å². The van der Waals surface area contributed by atoms with E-state index in [1.807, 2.05) is 0 Å². The van der Waals surface area contributed by atoms with Crippen molar-refractivity contribution in [1.82, 2.24) is 5.32 Å². The number of carbonyl (C=O) groups is 2. The van der Waals surface area contributed by atoms with Crippen molar-refractivity contribution in [3.8, 4) is 11.5 Å². The van der Waals surface area contributed by atoms with Crippen LogP contribution in [0.25, 0.3) is 0 Å². The van der Waals surface area contributed by atoms with E-state index in [1.165, 1.54) is 26.4 Å². The lowest BCUT2D eigenvalue weighted by atomic mass is 10.2. The molecule has 0 aromatic heterocycles. The minimum atomic E-state index is -0.843. The molecule has 2 amide bonds. The van der Waals surface area contributed by atoms with Crippen LogP contribution in [0.4, 0.5) is 5.69 Å². The van der Waals surface area contributed by atoms with E-state index in [9.17, 15) is 9.59 Å². The lowest BCUT2D eigenvalue weighted by molar-refractivity contribution is -0.136. The first-order chi connectivity index (χ1) is 11.9. The second kappa shape index (κ2) is 8.60. The van der Waals surface area contributed by atoms with E-state index in [0.29, 0.717) is 16.5 Å². The summed E-state index contributed by atoms with van der Waals surface area (Å²) in [7, 11) is 3.05. The van der Waals surface area contributed by atoms with Crippen LogP contribution >= 0.6 is 23.2 Å². The number of halogens is 2. The highest BCUT2D eigenvalue weighted by atomic mass is 35.5. The van der Waals surface area contributed by atoms with Gasteiger partial charge in [0.05, 0.1) is 24.9 Å². The summed E-state index contributed by atoms with van der Waals surface area (Å²) in [6, 6.07) is 9.76. The molecular weight excluding hydrogens is 367 g/mol. The van der Waals surface area contributed by atoms with Gasteiger partial charge in [0.15, 0.2) is 11.5 Å². The number of carbonyl (C=O) groups excluding carboxylic acids is 2. The van der Waals surface area contributed by atoms with E-state index in [-0.39, 0.29) is 17.3 Å². The molecule has 0 aliphatic heterocycles. The molecule has 0 bridgehead atoms. The van der Waals surface area contributed by atoms with Gasteiger partial charge in [-0.1, -0.05) is 29.3 Å². The molecule has 8 heteroatoms. The first-order valence-electron chi connectivity index (χ1n) is 7.19. The van der Waals surface area contributed by atoms with E-state index < -0.39 is 11.8 Å². The van der Waals surface area contributed by atoms with Crippen LogP contribution < -0.4 is 20.1 Å². The van der Waals surface area contributed by atoms with Crippen molar-refractivity contribution in [2.45, 2.75) is 6.54 Å². The number of hydrogen-bond acceptors (Lipinski definition) is 4. The second-order valence-corrected chi connectivity index (χ2v) is 5.79. The first-order valence-corrected chi connectivity index (χ1v) is 7.95. The molecule has 2 N–H and O–H groups in total. The maximum Gasteiger partial charge on any atom is 0.313 e. The Bertz CT molecular complexity index is 796. The number of nitrogens with one attached hydrogen (secondary N) is 2. The minimum absolute atomic E-state index is 0.149. The van der Waals surface area contributed by atoms with Crippen LogP contribution in [0, 0.1) is 0 Å². The zero-order valence-corrected chi connectivity index (χ0v) is 15.1. The van der Waals surface area contributed by atoms with Gasteiger partial charge in [0.1, 0.15) is 0 Å². The Hall–Kier alpha value is -2.44. The van der Waals surface area contributed by atoms with Crippen molar-refractivity contribution < 1.29 is 19.1 Å². The van der Waals surface area contributed by atoms with Gasteiger partial charge in [-0.25, -0.2) is 0 Å². The van der Waals surface area contributed by atoms with Crippen LogP contribution in [0.2, 0.25) is 10.0 Å². The molecule has 0 unspecified atom stereocenters. The van der Waals surface area contributed by atoms with E-state index >= 15 is 0 Å². The van der Waals surface area contributed by atoms with E-state index in [0.717, 1.165) is 5.56 Å². The Morgan fingerprint density at radius 2 is 1.68 bits per heavy atom. The third-order valence-electron chi connectivity index (χ3n) is 3.28. The minimum Gasteiger partial charge on any atom is -0.493 e. The quantitative estimate of drug-likeness (QED) is 0.778. The number of methoxy groups -OCH3 is 2. The summed E-state index contributed by atoms with van der Waals surface area (Å²) in [5.41, 5.74) is 1.01. The molecule has 132 valence electrons. The Morgan fingerprint density at radius 1 is 0.960 bits per heavy atom. The molecule has 6 nitrogen and oxygen atoms in total. The van der Waals surface area contributed by atoms with Crippen LogP contribution in [0.3, 0.4) is 0 Å². The Morgan fingerprint density at radius 3 is 2.36 bits per heavy atom. The van der Waals surface area contributed by atoms with Gasteiger partial charge in [-0.05, 0) is 35.9 Å². The van der Waals surface area contributed by atoms with Gasteiger partial charge < -0.3 is 20.1 Å². The van der Waals surface area contributed by atoms with Crippen molar-refractivity contribution in [3.63, 3.8) is 0 Å². The molecule has 0 spiro atoms. The van der Waals surface area contributed by atoms with Crippen molar-refractivity contribution in [2.24, 2.45) is 0 Å². The smallest absolute Gasteiger partial charge is 0.313 e. The molecule has 2 aromatic carbocycles. The lowest BCUT2D eigenvalue weighted by Gasteiger charge is -2.11. The lowest BCUT2D eigenvalue weighted by Crippen LogP contribution is -2.35. The molecule has 2 aromatic rings. The van der Waals surface area contributed by atoms with Crippen molar-refractivity contribution in [2.75, 3.05) is 19.5 Å². The van der Waals surface area contributed by atoms with Gasteiger partial charge in [-0.15, -0.1) is 0 Å². The Labute approximate surface area is 155 Å². The first kappa shape index (κ1) is 18.9. The maximum absolute atomic E-state index is 12.0. The molecule has 0 saturated carbocycles. The van der Waals surface area contributed by atoms with Gasteiger partial charge in [0.25, 0.3) is 0 Å². The largest absolute Gasteiger partial charge is 0.493 e. The number of benzene rings is 2. The number of ether oxygens (including phenoxy) is 2. The standard InChI is InChI=1S/C17H16Cl2N2O4/c1-24-14-6-3-10(7-15(14)25-2)9-20-16(22)17(23)21-13-8-11(18)4-5-12(13)19/h3-8H,9H2,1-2H3,(H,20,22)(H,21,23). The van der Waals surface area contributed by atoms with Crippen LogP contribution in [0.15, 0.2) is 36.4 Å². The molecule has 0 saturated heterocycles. The van der Waals surface area contributed by atoms with Gasteiger partial charge in [-0.2, -0.15) is 0 Å². The predicted molar refractivity (Wildman–Crippen MR) is 96.5 cm³/mol. The van der Waals surface area contributed by atoms with Crippen molar-refractivity contribution >= 4 is 40.7 Å². The van der Waals surface area contributed by atoms with E-state index in [4.69, 9.17) is 32.7 Å². The molecular formula is C17H16Cl2N2O4. The summed E-state index contributed by atoms with van der Waals surface area (Å²) in [5, 5.41) is 5.61. The average molecular weight is 383 g/mol. The highest BCUT2D eigenvalue weighted by molar-refractivity contribution is 6.42. The van der Waals surface area contributed by atoms with Crippen LogP contribution in [0.1, 0.15) is 5.56 Å². The average Bonchev–Trinajstić information content (AvgIpc) is 2.62. The fraction of sp³-hybridized carbons (Fsp3) is 0.176. The molecule has 0 aliphatic rings. The van der Waals surface area contributed by atoms with Crippen LogP contribution in [-0.2, 0) is 16.1 Å². The number of hydrogen-bond donors (Lipinski definition) is 2. The number of anilines is 1. The highest BCUT2D eigenvalue weighted by Gasteiger charge is 2.15. The summed E-state index contributed by atoms with van der Waals surface area (Å²) in [5.74, 6) is -0.536. The summed E-state index contributed by atoms with van der Waals surface area (Å²) >= 11 is 11.8. The SMILES string of the molecule is COc1ccc(CNC(=O)C(=O)Nc2cc(Cl)ccc2Cl)cc1OC. The van der Waals surface area contributed by atoms with Gasteiger partial charge in [0, 0.05) is 11.6 Å². The van der Waals surface area contributed by atoms with Crippen molar-refractivity contribution in [1.29, 1.82) is 0 Å². The molecule has 0 aliphatic carbocycles. The highest BCUT2D eigenvalue weighted by Crippen LogP contribution is 2.27. The third kappa shape index (κ3) is 5.01. The van der Waals surface area contributed by atoms with Gasteiger partial charge in [-0.3, -0.25) is 9.59 Å². The van der Waals surface area contributed by atoms with Gasteiger partial charge >= 0.3 is 11.8 Å². The normalized spacial score (nSPS) is 10.1. The maximum atomic E-state index is 12.0. The van der Waals surface area contributed by atoms with E-state index in [2.05, 4.69) is 10.6 Å². The fourth-order valence-corrected chi connectivity index (χ4v) is 2.36. The third-order valence-corrected chi connectivity index (χ3v) is 3.85. The Kier molecular flexibility index (Phi) is 6.50. The molecule has 2 rings (SSSR count). The topological polar surface area (TPSA) is 76.7 Å². The fourth-order valence-electron chi connectivity index (χ4n) is 2.03. The summed E-state index contributed by atoms with van der Waals surface area (Å²) in [6.07, 6.45) is 0.